The van der Waals surface area contributed by atoms with Crippen LogP contribution in [-0.2, 0) is 35.7 Å². The molecule has 0 spiro atoms. The molecule has 1 aliphatic rings. The number of imide groups is 1. The number of amides is 3. The topological polar surface area (TPSA) is 155 Å². The molecule has 2 aromatic rings. The van der Waals surface area contributed by atoms with Crippen LogP contribution in [0.2, 0.25) is 5.02 Å². The summed E-state index contributed by atoms with van der Waals surface area (Å²) in [7, 11) is -3.93. The van der Waals surface area contributed by atoms with E-state index in [0.717, 1.165) is 15.9 Å². The zero-order chi connectivity index (χ0) is 24.3. The van der Waals surface area contributed by atoms with E-state index in [1.165, 1.54) is 48.5 Å². The van der Waals surface area contributed by atoms with E-state index in [1.807, 2.05) is 0 Å². The van der Waals surface area contributed by atoms with Crippen LogP contribution in [0, 0.1) is 0 Å². The summed E-state index contributed by atoms with van der Waals surface area (Å²) in [5, 5.41) is 14.3. The summed E-state index contributed by atoms with van der Waals surface area (Å²) in [5.41, 5.74) is 0.715. The fourth-order valence-corrected chi connectivity index (χ4v) is 3.92. The number of carboxylic acids is 1. The maximum atomic E-state index is 13.1. The summed E-state index contributed by atoms with van der Waals surface area (Å²) in [6.07, 6.45) is 1.09. The van der Waals surface area contributed by atoms with E-state index in [4.69, 9.17) is 21.8 Å². The van der Waals surface area contributed by atoms with Crippen LogP contribution in [0.1, 0.15) is 12.0 Å². The van der Waals surface area contributed by atoms with Crippen molar-refractivity contribution in [2.75, 3.05) is 4.90 Å². The lowest BCUT2D eigenvalue weighted by atomic mass is 10.1. The van der Waals surface area contributed by atoms with Crippen LogP contribution in [0.5, 0.6) is 0 Å². The lowest BCUT2D eigenvalue weighted by molar-refractivity contribution is -0.135. The number of sulfonamides is 1. The highest BCUT2D eigenvalue weighted by atomic mass is 35.5. The Balaban J connectivity index is 1.93. The van der Waals surface area contributed by atoms with Crippen LogP contribution in [-0.4, -0.2) is 48.2 Å². The highest BCUT2D eigenvalue weighted by Gasteiger charge is 2.44. The molecule has 3 N–H and O–H groups in total. The van der Waals surface area contributed by atoms with Crippen molar-refractivity contribution >= 4 is 51.0 Å². The molecule has 0 aliphatic carbocycles. The molecule has 33 heavy (non-hydrogen) atoms. The Morgan fingerprint density at radius 3 is 2.24 bits per heavy atom. The summed E-state index contributed by atoms with van der Waals surface area (Å²) in [4.78, 5) is 51.2. The molecule has 1 fully saturated rings. The van der Waals surface area contributed by atoms with Gasteiger partial charge in [-0.05, 0) is 42.0 Å². The number of nitrogens with zero attached hydrogens (tertiary/aromatic N) is 2. The number of carbonyl (C=O) groups is 4. The van der Waals surface area contributed by atoms with Crippen molar-refractivity contribution < 1.29 is 32.7 Å². The van der Waals surface area contributed by atoms with Crippen molar-refractivity contribution in [2.24, 2.45) is 5.14 Å². The normalized spacial score (nSPS) is 16.4. The zero-order valence-electron chi connectivity index (χ0n) is 16.9. The van der Waals surface area contributed by atoms with Gasteiger partial charge in [0.1, 0.15) is 6.04 Å². The summed E-state index contributed by atoms with van der Waals surface area (Å²) < 4.78 is 22.9. The van der Waals surface area contributed by atoms with E-state index in [2.05, 4.69) is 0 Å². The predicted molar refractivity (Wildman–Crippen MR) is 117 cm³/mol. The van der Waals surface area contributed by atoms with Crippen LogP contribution in [0.15, 0.2) is 65.6 Å². The molecule has 3 amide bonds. The molecule has 1 aliphatic heterocycles. The molecule has 12 heteroatoms. The first-order chi connectivity index (χ1) is 15.5. The van der Waals surface area contributed by atoms with Gasteiger partial charge in [-0.1, -0.05) is 23.7 Å². The summed E-state index contributed by atoms with van der Waals surface area (Å²) in [5.74, 6) is -3.38. The second-order valence-electron chi connectivity index (χ2n) is 7.09. The van der Waals surface area contributed by atoms with E-state index >= 15 is 0 Å². The maximum absolute atomic E-state index is 13.1. The molecular weight excluding hydrogens is 474 g/mol. The molecular formula is C21H18ClN3O7S. The summed E-state index contributed by atoms with van der Waals surface area (Å²) >= 11 is 5.86. The van der Waals surface area contributed by atoms with Gasteiger partial charge in [-0.25, -0.2) is 23.3 Å². The third-order valence-electron chi connectivity index (χ3n) is 4.84. The molecule has 2 aromatic carbocycles. The second kappa shape index (κ2) is 9.53. The van der Waals surface area contributed by atoms with Gasteiger partial charge in [0.2, 0.25) is 21.8 Å². The zero-order valence-corrected chi connectivity index (χ0v) is 18.5. The first kappa shape index (κ1) is 24.1. The Bertz CT molecular complexity index is 1240. The van der Waals surface area contributed by atoms with E-state index in [-0.39, 0.29) is 23.5 Å². The minimum Gasteiger partial charge on any atom is -0.478 e. The maximum Gasteiger partial charge on any atom is 0.328 e. The average molecular weight is 492 g/mol. The van der Waals surface area contributed by atoms with E-state index < -0.39 is 39.8 Å². The van der Waals surface area contributed by atoms with Gasteiger partial charge in [-0.15, -0.1) is 0 Å². The lowest BCUT2D eigenvalue weighted by Gasteiger charge is -2.26. The summed E-state index contributed by atoms with van der Waals surface area (Å²) in [6.45, 7) is -0.189. The van der Waals surface area contributed by atoms with Crippen LogP contribution in [0.4, 0.5) is 5.69 Å². The molecule has 1 saturated heterocycles. The number of hydrogen-bond donors (Lipinski definition) is 2. The molecule has 1 heterocycles. The van der Waals surface area contributed by atoms with Crippen LogP contribution in [0.3, 0.4) is 0 Å². The molecule has 1 unspecified atom stereocenters. The number of hydrogen-bond acceptors (Lipinski definition) is 6. The number of primary sulfonamides is 1. The number of aliphatic carboxylic acids is 1. The van der Waals surface area contributed by atoms with Gasteiger partial charge >= 0.3 is 5.97 Å². The van der Waals surface area contributed by atoms with Crippen molar-refractivity contribution in [3.63, 3.8) is 0 Å². The first-order valence-electron chi connectivity index (χ1n) is 9.43. The number of carbonyl (C=O) groups excluding carboxylic acids is 3. The SMILES string of the molecule is NS(=O)(=O)c1ccc(CN(C(=O)/C=C/C(=O)O)C2CC(=O)N(c3ccc(Cl)cc3)C2=O)cc1. The summed E-state index contributed by atoms with van der Waals surface area (Å²) in [6, 6.07) is 10.1. The fraction of sp³-hybridized carbons (Fsp3) is 0.143. The molecule has 1 atom stereocenters. The molecule has 0 radical (unpaired) electrons. The number of halogens is 1. The third-order valence-corrected chi connectivity index (χ3v) is 6.02. The Kier molecular flexibility index (Phi) is 6.96. The fourth-order valence-electron chi connectivity index (χ4n) is 3.28. The lowest BCUT2D eigenvalue weighted by Crippen LogP contribution is -2.44. The van der Waals surface area contributed by atoms with Crippen molar-refractivity contribution in [1.29, 1.82) is 0 Å². The van der Waals surface area contributed by atoms with Crippen LogP contribution >= 0.6 is 11.6 Å². The van der Waals surface area contributed by atoms with Crippen molar-refractivity contribution in [2.45, 2.75) is 23.9 Å². The predicted octanol–water partition coefficient (Wildman–Crippen LogP) is 1.29. The van der Waals surface area contributed by atoms with Gasteiger partial charge in [0.15, 0.2) is 0 Å². The molecule has 0 bridgehead atoms. The van der Waals surface area contributed by atoms with Gasteiger partial charge < -0.3 is 10.0 Å². The highest BCUT2D eigenvalue weighted by molar-refractivity contribution is 7.89. The standard InChI is InChI=1S/C21H18ClN3O7S/c22-14-3-5-15(6-4-14)25-19(27)11-17(21(25)30)24(18(26)9-10-20(28)29)12-13-1-7-16(8-2-13)33(23,31)32/h1-10,17H,11-12H2,(H,28,29)(H2,23,31,32)/b10-9+. The number of benzene rings is 2. The van der Waals surface area contributed by atoms with E-state index in [9.17, 15) is 27.6 Å². The number of anilines is 1. The smallest absolute Gasteiger partial charge is 0.328 e. The van der Waals surface area contributed by atoms with Gasteiger partial charge in [-0.2, -0.15) is 0 Å². The number of rotatable bonds is 7. The molecule has 10 nitrogen and oxygen atoms in total. The third kappa shape index (κ3) is 5.64. The monoisotopic (exact) mass is 491 g/mol. The quantitative estimate of drug-likeness (QED) is 0.436. The van der Waals surface area contributed by atoms with Crippen molar-refractivity contribution in [3.05, 3.63) is 71.3 Å². The largest absolute Gasteiger partial charge is 0.478 e. The molecule has 3 rings (SSSR count). The Morgan fingerprint density at radius 2 is 1.70 bits per heavy atom. The van der Waals surface area contributed by atoms with Gasteiger partial charge in [0.05, 0.1) is 17.0 Å². The average Bonchev–Trinajstić information content (AvgIpc) is 3.04. The molecule has 0 saturated carbocycles. The van der Waals surface area contributed by atoms with Crippen LogP contribution in [0.25, 0.3) is 0 Å². The van der Waals surface area contributed by atoms with Gasteiger partial charge in [0.25, 0.3) is 5.91 Å². The number of carboxylic acid groups (broad SMARTS) is 1. The Labute approximate surface area is 193 Å². The van der Waals surface area contributed by atoms with Gasteiger partial charge in [0, 0.05) is 23.7 Å². The van der Waals surface area contributed by atoms with Crippen molar-refractivity contribution in [1.82, 2.24) is 4.90 Å². The first-order valence-corrected chi connectivity index (χ1v) is 11.4. The second-order valence-corrected chi connectivity index (χ2v) is 9.09. The minimum absolute atomic E-state index is 0.143. The van der Waals surface area contributed by atoms with E-state index in [0.29, 0.717) is 16.7 Å². The highest BCUT2D eigenvalue weighted by Crippen LogP contribution is 2.28. The Hall–Kier alpha value is -3.54. The number of nitrogens with two attached hydrogens (primary N) is 1. The van der Waals surface area contributed by atoms with Crippen molar-refractivity contribution in [3.8, 4) is 0 Å². The Morgan fingerprint density at radius 1 is 1.09 bits per heavy atom. The minimum atomic E-state index is -3.93. The molecule has 0 aromatic heterocycles. The van der Waals surface area contributed by atoms with Gasteiger partial charge in [-0.3, -0.25) is 14.4 Å². The van der Waals surface area contributed by atoms with Crippen LogP contribution < -0.4 is 10.0 Å². The van der Waals surface area contributed by atoms with E-state index in [1.54, 1.807) is 0 Å². The molecule has 172 valence electrons.